The zero-order chi connectivity index (χ0) is 18.4. The van der Waals surface area contributed by atoms with Crippen molar-refractivity contribution in [3.05, 3.63) is 65.2 Å². The van der Waals surface area contributed by atoms with Crippen LogP contribution in [0.25, 0.3) is 0 Å². The van der Waals surface area contributed by atoms with Crippen molar-refractivity contribution in [2.24, 2.45) is 0 Å². The average molecular weight is 386 g/mol. The van der Waals surface area contributed by atoms with Crippen LogP contribution in [0, 0.1) is 6.92 Å². The van der Waals surface area contributed by atoms with Crippen LogP contribution < -0.4 is 10.1 Å². The van der Waals surface area contributed by atoms with Crippen molar-refractivity contribution in [1.29, 1.82) is 0 Å². The smallest absolute Gasteiger partial charge is 0.257 e. The number of carbonyl (C=O) groups excluding carboxylic acids is 1. The van der Waals surface area contributed by atoms with Gasteiger partial charge in [-0.2, -0.15) is 0 Å². The van der Waals surface area contributed by atoms with Gasteiger partial charge >= 0.3 is 0 Å². The van der Waals surface area contributed by atoms with Crippen molar-refractivity contribution in [1.82, 2.24) is 10.2 Å². The highest BCUT2D eigenvalue weighted by Crippen LogP contribution is 2.29. The van der Waals surface area contributed by atoms with E-state index in [0.717, 1.165) is 15.8 Å². The average Bonchev–Trinajstić information content (AvgIpc) is 3.09. The summed E-state index contributed by atoms with van der Waals surface area (Å²) in [6.45, 7) is 4.61. The number of hydrogen-bond donors (Lipinski definition) is 1. The second-order valence-electron chi connectivity index (χ2n) is 5.50. The Morgan fingerprint density at radius 2 is 1.92 bits per heavy atom. The molecule has 1 aromatic heterocycles. The number of thioether (sulfide) groups is 1. The lowest BCUT2D eigenvalue weighted by Crippen LogP contribution is -2.11. The van der Waals surface area contributed by atoms with E-state index in [2.05, 4.69) is 34.6 Å². The minimum atomic E-state index is -0.209. The van der Waals surface area contributed by atoms with E-state index in [1.807, 2.05) is 19.1 Å². The first-order valence-corrected chi connectivity index (χ1v) is 10.0. The van der Waals surface area contributed by atoms with E-state index < -0.39 is 0 Å². The number of aromatic nitrogens is 2. The minimum Gasteiger partial charge on any atom is -0.494 e. The second-order valence-corrected chi connectivity index (χ2v) is 7.70. The Bertz CT molecular complexity index is 879. The lowest BCUT2D eigenvalue weighted by atomic mass is 10.1. The molecule has 0 unspecified atom stereocenters. The number of ether oxygens (including phenoxy) is 1. The van der Waals surface area contributed by atoms with Gasteiger partial charge in [0.15, 0.2) is 4.34 Å². The highest BCUT2D eigenvalue weighted by atomic mass is 32.2. The topological polar surface area (TPSA) is 64.1 Å². The predicted molar refractivity (Wildman–Crippen MR) is 106 cm³/mol. The van der Waals surface area contributed by atoms with Gasteiger partial charge < -0.3 is 4.74 Å². The zero-order valence-electron chi connectivity index (χ0n) is 14.6. The summed E-state index contributed by atoms with van der Waals surface area (Å²) in [5.41, 5.74) is 3.08. The zero-order valence-corrected chi connectivity index (χ0v) is 16.2. The lowest BCUT2D eigenvalue weighted by Gasteiger charge is -2.04. The molecular formula is C19H19N3O2S2. The summed E-state index contributed by atoms with van der Waals surface area (Å²) in [6, 6.07) is 15.3. The lowest BCUT2D eigenvalue weighted by molar-refractivity contribution is 0.102. The summed E-state index contributed by atoms with van der Waals surface area (Å²) < 4.78 is 6.21. The van der Waals surface area contributed by atoms with Crippen LogP contribution in [0.2, 0.25) is 0 Å². The SMILES string of the molecule is CCOc1ccc(C(=O)Nc2nnc(SCc3ccccc3C)s2)cc1. The Morgan fingerprint density at radius 1 is 1.15 bits per heavy atom. The molecule has 0 atom stereocenters. The van der Waals surface area contributed by atoms with E-state index in [0.29, 0.717) is 17.3 Å². The fourth-order valence-corrected chi connectivity index (χ4v) is 4.09. The molecule has 3 rings (SSSR count). The normalized spacial score (nSPS) is 10.5. The molecule has 0 spiro atoms. The van der Waals surface area contributed by atoms with Crippen molar-refractivity contribution in [2.45, 2.75) is 23.9 Å². The minimum absolute atomic E-state index is 0.209. The van der Waals surface area contributed by atoms with Crippen LogP contribution in [-0.2, 0) is 5.75 Å². The fraction of sp³-hybridized carbons (Fsp3) is 0.211. The van der Waals surface area contributed by atoms with Crippen LogP contribution in [0.15, 0.2) is 52.9 Å². The molecule has 1 amide bonds. The van der Waals surface area contributed by atoms with Crippen LogP contribution in [0.1, 0.15) is 28.4 Å². The van der Waals surface area contributed by atoms with Crippen molar-refractivity contribution in [2.75, 3.05) is 11.9 Å². The maximum absolute atomic E-state index is 12.3. The molecule has 5 nitrogen and oxygen atoms in total. The quantitative estimate of drug-likeness (QED) is 0.468. The monoisotopic (exact) mass is 385 g/mol. The Labute approximate surface area is 160 Å². The van der Waals surface area contributed by atoms with Gasteiger partial charge in [0.1, 0.15) is 5.75 Å². The van der Waals surface area contributed by atoms with E-state index >= 15 is 0 Å². The molecule has 0 fully saturated rings. The molecular weight excluding hydrogens is 366 g/mol. The highest BCUT2D eigenvalue weighted by Gasteiger charge is 2.11. The van der Waals surface area contributed by atoms with Gasteiger partial charge in [-0.25, -0.2) is 0 Å². The van der Waals surface area contributed by atoms with Gasteiger partial charge in [0.25, 0.3) is 5.91 Å². The summed E-state index contributed by atoms with van der Waals surface area (Å²) in [6.07, 6.45) is 0. The standard InChI is InChI=1S/C19H19N3O2S2/c1-3-24-16-10-8-14(9-11-16)17(23)20-18-21-22-19(26-18)25-12-15-7-5-4-6-13(15)2/h4-11H,3,12H2,1-2H3,(H,20,21,23). The third kappa shape index (κ3) is 4.83. The van der Waals surface area contributed by atoms with E-state index in [1.54, 1.807) is 36.0 Å². The summed E-state index contributed by atoms with van der Waals surface area (Å²) in [4.78, 5) is 12.3. The summed E-state index contributed by atoms with van der Waals surface area (Å²) in [5.74, 6) is 1.36. The molecule has 1 N–H and O–H groups in total. The van der Waals surface area contributed by atoms with Gasteiger partial charge in [-0.1, -0.05) is 47.4 Å². The number of rotatable bonds is 7. The predicted octanol–water partition coefficient (Wildman–Crippen LogP) is 4.79. The number of hydrogen-bond acceptors (Lipinski definition) is 6. The number of nitrogens with zero attached hydrogens (tertiary/aromatic N) is 2. The molecule has 7 heteroatoms. The fourth-order valence-electron chi connectivity index (χ4n) is 2.27. The molecule has 0 bridgehead atoms. The first-order chi connectivity index (χ1) is 12.7. The summed E-state index contributed by atoms with van der Waals surface area (Å²) >= 11 is 2.99. The maximum Gasteiger partial charge on any atom is 0.257 e. The largest absolute Gasteiger partial charge is 0.494 e. The Morgan fingerprint density at radius 3 is 2.65 bits per heavy atom. The van der Waals surface area contributed by atoms with E-state index in [1.165, 1.54) is 22.5 Å². The van der Waals surface area contributed by atoms with Gasteiger partial charge in [-0.15, -0.1) is 10.2 Å². The molecule has 0 aliphatic heterocycles. The van der Waals surface area contributed by atoms with Crippen LogP contribution >= 0.6 is 23.1 Å². The molecule has 0 aliphatic rings. The van der Waals surface area contributed by atoms with Crippen molar-refractivity contribution < 1.29 is 9.53 Å². The Kier molecular flexibility index (Phi) is 6.25. The number of aryl methyl sites for hydroxylation is 1. The highest BCUT2D eigenvalue weighted by molar-refractivity contribution is 8.00. The number of carbonyl (C=O) groups is 1. The first-order valence-electron chi connectivity index (χ1n) is 8.20. The molecule has 1 heterocycles. The summed E-state index contributed by atoms with van der Waals surface area (Å²) in [5, 5.41) is 11.5. The summed E-state index contributed by atoms with van der Waals surface area (Å²) in [7, 11) is 0. The second kappa shape index (κ2) is 8.82. The number of amides is 1. The van der Waals surface area contributed by atoms with Gasteiger partial charge in [0, 0.05) is 11.3 Å². The number of benzene rings is 2. The molecule has 134 valence electrons. The van der Waals surface area contributed by atoms with Gasteiger partial charge in [-0.05, 0) is 49.2 Å². The Hall–Kier alpha value is -2.38. The van der Waals surface area contributed by atoms with Crippen molar-refractivity contribution in [3.8, 4) is 5.75 Å². The molecule has 0 saturated heterocycles. The van der Waals surface area contributed by atoms with E-state index in [9.17, 15) is 4.79 Å². The van der Waals surface area contributed by atoms with Crippen LogP contribution in [0.4, 0.5) is 5.13 Å². The van der Waals surface area contributed by atoms with Crippen molar-refractivity contribution >= 4 is 34.1 Å². The molecule has 2 aromatic carbocycles. The number of anilines is 1. The maximum atomic E-state index is 12.3. The molecule has 0 aliphatic carbocycles. The number of nitrogens with one attached hydrogen (secondary N) is 1. The van der Waals surface area contributed by atoms with E-state index in [-0.39, 0.29) is 5.91 Å². The van der Waals surface area contributed by atoms with E-state index in [4.69, 9.17) is 4.74 Å². The van der Waals surface area contributed by atoms with Gasteiger partial charge in [0.05, 0.1) is 6.61 Å². The molecule has 0 saturated carbocycles. The van der Waals surface area contributed by atoms with Crippen LogP contribution in [0.3, 0.4) is 0 Å². The first kappa shape index (κ1) is 18.4. The third-order valence-electron chi connectivity index (χ3n) is 3.67. The molecule has 3 aromatic rings. The van der Waals surface area contributed by atoms with Gasteiger partial charge in [0.2, 0.25) is 5.13 Å². The molecule has 26 heavy (non-hydrogen) atoms. The van der Waals surface area contributed by atoms with Crippen molar-refractivity contribution in [3.63, 3.8) is 0 Å². The van der Waals surface area contributed by atoms with Crippen LogP contribution in [-0.4, -0.2) is 22.7 Å². The third-order valence-corrected chi connectivity index (χ3v) is 5.69. The van der Waals surface area contributed by atoms with Gasteiger partial charge in [-0.3, -0.25) is 10.1 Å². The molecule has 0 radical (unpaired) electrons. The van der Waals surface area contributed by atoms with Crippen LogP contribution in [0.5, 0.6) is 5.75 Å². The Balaban J connectivity index is 1.57.